The molecule has 4 aliphatic rings. The van der Waals surface area contributed by atoms with Crippen LogP contribution < -0.4 is 10.6 Å². The Hall–Kier alpha value is -6.24. The number of imide groups is 2. The molecular formula is C46H38N6O4S2. The van der Waals surface area contributed by atoms with E-state index in [1.165, 1.54) is 22.2 Å². The number of carbonyl (C=O) groups is 4. The van der Waals surface area contributed by atoms with Gasteiger partial charge in [-0.1, -0.05) is 72.8 Å². The van der Waals surface area contributed by atoms with Crippen LogP contribution in [0.1, 0.15) is 69.9 Å². The van der Waals surface area contributed by atoms with E-state index in [0.717, 1.165) is 93.6 Å². The van der Waals surface area contributed by atoms with Gasteiger partial charge in [0.05, 0.1) is 34.7 Å². The number of aromatic amines is 2. The summed E-state index contributed by atoms with van der Waals surface area (Å²) in [6.07, 6.45) is 12.3. The van der Waals surface area contributed by atoms with Gasteiger partial charge in [-0.05, 0) is 71.2 Å². The Labute approximate surface area is 342 Å². The fraction of sp³-hybridized carbons (Fsp3) is 0.217. The van der Waals surface area contributed by atoms with E-state index in [-0.39, 0.29) is 23.6 Å². The van der Waals surface area contributed by atoms with E-state index in [9.17, 15) is 19.2 Å². The topological polar surface area (TPSA) is 134 Å². The smallest absolute Gasteiger partial charge is 0.235 e. The fourth-order valence-corrected chi connectivity index (χ4v) is 10.2. The molecule has 4 amide bonds. The first-order valence-electron chi connectivity index (χ1n) is 19.6. The summed E-state index contributed by atoms with van der Waals surface area (Å²) in [5.41, 5.74) is 10.7. The van der Waals surface area contributed by atoms with Gasteiger partial charge in [-0.25, -0.2) is 0 Å². The highest BCUT2D eigenvalue weighted by atomic mass is 32.8. The standard InChI is InChI=1S/2C23H19N3O2.S2/c2*27-22-19(16-11-24-18-9-2-1-7-14(16)18)20(23(28)25-22)17-12-26-10-4-6-13-5-3-8-15(17)21(13)26;1-2/h2*1-3,5,7-9,11-12,19-20,24H,4,6,10H2,(H,25,27,28);/t2*19-,20-;/m10./s1. The second kappa shape index (κ2) is 14.3. The summed E-state index contributed by atoms with van der Waals surface area (Å²) >= 11 is 7.33. The number of rotatable bonds is 4. The minimum Gasteiger partial charge on any atom is -0.361 e. The molecule has 0 aliphatic carbocycles. The number of H-pyrrole nitrogens is 2. The van der Waals surface area contributed by atoms with Crippen LogP contribution >= 0.6 is 0 Å². The minimum atomic E-state index is -0.521. The lowest BCUT2D eigenvalue weighted by molar-refractivity contribution is -0.127. The van der Waals surface area contributed by atoms with E-state index in [2.05, 4.69) is 101 Å². The number of para-hydroxylation sites is 4. The Bertz CT molecular complexity index is 2790. The van der Waals surface area contributed by atoms with Gasteiger partial charge in [-0.15, -0.1) is 0 Å². The van der Waals surface area contributed by atoms with Crippen LogP contribution in [-0.2, 0) is 67.5 Å². The molecule has 0 bridgehead atoms. The predicted octanol–water partition coefficient (Wildman–Crippen LogP) is 7.18. The number of hydrogen-bond donors (Lipinski definition) is 4. The fourth-order valence-electron chi connectivity index (χ4n) is 10.2. The minimum absolute atomic E-state index is 0.205. The lowest BCUT2D eigenvalue weighted by Crippen LogP contribution is -2.21. The molecule has 4 N–H and O–H groups in total. The van der Waals surface area contributed by atoms with Gasteiger partial charge in [-0.2, -0.15) is 0 Å². The monoisotopic (exact) mass is 802 g/mol. The van der Waals surface area contributed by atoms with E-state index in [1.54, 1.807) is 0 Å². The maximum Gasteiger partial charge on any atom is 0.235 e. The van der Waals surface area contributed by atoms with Crippen molar-refractivity contribution in [1.29, 1.82) is 0 Å². The number of aryl methyl sites for hydroxylation is 4. The first-order chi connectivity index (χ1) is 28.4. The molecule has 4 aromatic carbocycles. The number of carbonyl (C=O) groups excluding carboxylic acids is 4. The van der Waals surface area contributed by atoms with Gasteiger partial charge in [0.25, 0.3) is 0 Å². The van der Waals surface area contributed by atoms with Gasteiger partial charge >= 0.3 is 0 Å². The zero-order valence-electron chi connectivity index (χ0n) is 31.3. The molecule has 12 heteroatoms. The van der Waals surface area contributed by atoms with Crippen LogP contribution in [0.2, 0.25) is 0 Å². The SMILES string of the molecule is O=C1NC(=O)[C@@H](c2cn3c4c(cccc24)CCC3)[C@@H]1c1c[nH]c2ccccc12.O=C1NC(=O)[C@H](c2cn3c4c(cccc24)CCC3)[C@H]1c1c[nH]c2ccccc12.S=S. The van der Waals surface area contributed by atoms with Crippen LogP contribution in [0.5, 0.6) is 0 Å². The average molecular weight is 803 g/mol. The summed E-state index contributed by atoms with van der Waals surface area (Å²) < 4.78 is 4.51. The Morgan fingerprint density at radius 2 is 0.845 bits per heavy atom. The number of aromatic nitrogens is 4. The summed E-state index contributed by atoms with van der Waals surface area (Å²) in [6.45, 7) is 1.90. The molecule has 0 unspecified atom stereocenters. The van der Waals surface area contributed by atoms with Crippen LogP contribution in [0.15, 0.2) is 110 Å². The lowest BCUT2D eigenvalue weighted by atomic mass is 9.83. The summed E-state index contributed by atoms with van der Waals surface area (Å²) in [5, 5.41) is 9.36. The first kappa shape index (κ1) is 36.1. The Balaban J connectivity index is 0.000000135. The summed E-state index contributed by atoms with van der Waals surface area (Å²) in [4.78, 5) is 58.0. The van der Waals surface area contributed by atoms with Gasteiger partial charge in [0.15, 0.2) is 0 Å². The van der Waals surface area contributed by atoms with Crippen molar-refractivity contribution in [2.45, 2.75) is 62.4 Å². The Morgan fingerprint density at radius 3 is 1.28 bits per heavy atom. The number of hydrogen-bond acceptors (Lipinski definition) is 6. The second-order valence-corrected chi connectivity index (χ2v) is 15.6. The van der Waals surface area contributed by atoms with Crippen molar-refractivity contribution in [2.24, 2.45) is 0 Å². The number of nitrogens with one attached hydrogen (secondary N) is 4. The van der Waals surface area contributed by atoms with Crippen molar-refractivity contribution in [3.8, 4) is 0 Å². The molecule has 0 radical (unpaired) electrons. The summed E-state index contributed by atoms with van der Waals surface area (Å²) in [6, 6.07) is 28.5. The molecule has 0 saturated carbocycles. The lowest BCUT2D eigenvalue weighted by Gasteiger charge is -2.15. The molecule has 10 nitrogen and oxygen atoms in total. The van der Waals surface area contributed by atoms with Crippen LogP contribution in [0.4, 0.5) is 0 Å². The third-order valence-corrected chi connectivity index (χ3v) is 12.6. The van der Waals surface area contributed by atoms with Gasteiger partial charge in [0.2, 0.25) is 23.6 Å². The highest BCUT2D eigenvalue weighted by Gasteiger charge is 2.47. The van der Waals surface area contributed by atoms with E-state index in [0.29, 0.717) is 0 Å². The van der Waals surface area contributed by atoms with Crippen molar-refractivity contribution < 1.29 is 19.2 Å². The van der Waals surface area contributed by atoms with Crippen LogP contribution in [-0.4, -0.2) is 42.7 Å². The van der Waals surface area contributed by atoms with Gasteiger partial charge in [-0.3, -0.25) is 29.8 Å². The van der Waals surface area contributed by atoms with E-state index < -0.39 is 23.7 Å². The molecule has 58 heavy (non-hydrogen) atoms. The zero-order valence-corrected chi connectivity index (χ0v) is 32.9. The molecular weight excluding hydrogens is 765 g/mol. The molecule has 0 spiro atoms. The van der Waals surface area contributed by atoms with E-state index in [1.807, 2.05) is 60.9 Å². The molecule has 4 atom stereocenters. The molecule has 2 fully saturated rings. The van der Waals surface area contributed by atoms with Crippen LogP contribution in [0.25, 0.3) is 43.6 Å². The summed E-state index contributed by atoms with van der Waals surface area (Å²) in [5.74, 6) is -2.90. The zero-order chi connectivity index (χ0) is 39.7. The van der Waals surface area contributed by atoms with Crippen molar-refractivity contribution in [3.63, 3.8) is 0 Å². The maximum atomic E-state index is 12.9. The van der Waals surface area contributed by atoms with E-state index >= 15 is 0 Å². The highest BCUT2D eigenvalue weighted by molar-refractivity contribution is 8.07. The van der Waals surface area contributed by atoms with Crippen LogP contribution in [0.3, 0.4) is 0 Å². The number of benzene rings is 4. The maximum absolute atomic E-state index is 12.9. The predicted molar refractivity (Wildman–Crippen MR) is 229 cm³/mol. The van der Waals surface area contributed by atoms with Gasteiger partial charge in [0.1, 0.15) is 0 Å². The van der Waals surface area contributed by atoms with Crippen molar-refractivity contribution >= 4 is 89.6 Å². The number of nitrogens with zero attached hydrogens (tertiary/aromatic N) is 2. The van der Waals surface area contributed by atoms with E-state index in [4.69, 9.17) is 0 Å². The highest BCUT2D eigenvalue weighted by Crippen LogP contribution is 2.46. The Morgan fingerprint density at radius 1 is 0.466 bits per heavy atom. The van der Waals surface area contributed by atoms with Gasteiger partial charge in [0, 0.05) is 92.8 Å². The molecule has 8 heterocycles. The van der Waals surface area contributed by atoms with Crippen molar-refractivity contribution in [1.82, 2.24) is 29.7 Å². The van der Waals surface area contributed by atoms with Crippen molar-refractivity contribution in [3.05, 3.63) is 143 Å². The molecule has 288 valence electrons. The van der Waals surface area contributed by atoms with Crippen molar-refractivity contribution in [2.75, 3.05) is 0 Å². The third-order valence-electron chi connectivity index (χ3n) is 12.6. The number of amides is 4. The van der Waals surface area contributed by atoms with Gasteiger partial charge < -0.3 is 19.1 Å². The first-order valence-corrected chi connectivity index (χ1v) is 21.0. The molecule has 2 saturated heterocycles. The largest absolute Gasteiger partial charge is 0.361 e. The molecule has 4 aliphatic heterocycles. The quantitative estimate of drug-likeness (QED) is 0.140. The summed E-state index contributed by atoms with van der Waals surface area (Å²) in [7, 11) is 0. The second-order valence-electron chi connectivity index (χ2n) is 15.6. The Kier molecular flexibility index (Phi) is 8.90. The normalized spacial score (nSPS) is 20.9. The molecule has 8 aromatic rings. The average Bonchev–Trinajstić information content (AvgIpc) is 4.11. The number of fused-ring (bicyclic) bond motifs is 2. The molecule has 4 aromatic heterocycles. The third kappa shape index (κ3) is 5.57. The molecule has 12 rings (SSSR count). The van der Waals surface area contributed by atoms with Crippen LogP contribution in [0, 0.1) is 0 Å².